The van der Waals surface area contributed by atoms with Crippen molar-refractivity contribution in [3.8, 4) is 6.07 Å². The van der Waals surface area contributed by atoms with Gasteiger partial charge in [0.05, 0.1) is 11.6 Å². The Morgan fingerprint density at radius 1 is 1.42 bits per heavy atom. The summed E-state index contributed by atoms with van der Waals surface area (Å²) in [6, 6.07) is 2.26. The van der Waals surface area contributed by atoms with Crippen molar-refractivity contribution >= 4 is 11.7 Å². The molecule has 0 aliphatic heterocycles. The second-order valence-electron chi connectivity index (χ2n) is 4.59. The first-order chi connectivity index (χ1) is 8.85. The second kappa shape index (κ2) is 6.14. The molecule has 1 atom stereocenters. The van der Waals surface area contributed by atoms with Crippen LogP contribution < -0.4 is 5.32 Å². The van der Waals surface area contributed by atoms with E-state index < -0.39 is 29.3 Å². The van der Waals surface area contributed by atoms with Crippen LogP contribution in [-0.2, 0) is 4.79 Å². The molecule has 2 N–H and O–H groups in total. The summed E-state index contributed by atoms with van der Waals surface area (Å²) in [7, 11) is 0. The summed E-state index contributed by atoms with van der Waals surface area (Å²) in [5, 5.41) is 19.9. The number of anilines is 1. The van der Waals surface area contributed by atoms with Crippen LogP contribution in [0.15, 0.2) is 12.1 Å². The first-order valence-corrected chi connectivity index (χ1v) is 5.73. The van der Waals surface area contributed by atoms with Crippen LogP contribution in [0.3, 0.4) is 0 Å². The molecule has 6 heteroatoms. The minimum atomic E-state index is -1.18. The molecule has 0 aliphatic rings. The number of rotatable bonds is 5. The molecular formula is C13H14F2N2O2. The van der Waals surface area contributed by atoms with E-state index in [1.807, 2.05) is 13.8 Å². The first kappa shape index (κ1) is 14.9. The van der Waals surface area contributed by atoms with E-state index in [2.05, 4.69) is 5.32 Å². The van der Waals surface area contributed by atoms with E-state index >= 15 is 0 Å². The van der Waals surface area contributed by atoms with Gasteiger partial charge in [-0.1, -0.05) is 13.8 Å². The van der Waals surface area contributed by atoms with E-state index in [4.69, 9.17) is 10.4 Å². The maximum atomic E-state index is 13.6. The van der Waals surface area contributed by atoms with Crippen LogP contribution >= 0.6 is 0 Å². The Balaban J connectivity index is 3.03. The SMILES string of the molecule is CC(C)CC(Nc1c(F)cc(C#N)cc1F)C(=O)O. The van der Waals surface area contributed by atoms with Crippen molar-refractivity contribution in [1.29, 1.82) is 5.26 Å². The summed E-state index contributed by atoms with van der Waals surface area (Å²) in [6.07, 6.45) is 0.230. The monoisotopic (exact) mass is 268 g/mol. The van der Waals surface area contributed by atoms with Gasteiger partial charge in [0.15, 0.2) is 11.6 Å². The largest absolute Gasteiger partial charge is 0.480 e. The fraction of sp³-hybridized carbons (Fsp3) is 0.385. The molecule has 0 amide bonds. The smallest absolute Gasteiger partial charge is 0.326 e. The molecule has 1 aromatic rings. The van der Waals surface area contributed by atoms with Gasteiger partial charge in [-0.15, -0.1) is 0 Å². The van der Waals surface area contributed by atoms with E-state index in [1.165, 1.54) is 0 Å². The predicted molar refractivity (Wildman–Crippen MR) is 65.6 cm³/mol. The maximum absolute atomic E-state index is 13.6. The number of hydrogen-bond acceptors (Lipinski definition) is 3. The zero-order valence-electron chi connectivity index (χ0n) is 10.6. The molecule has 1 rings (SSSR count). The van der Waals surface area contributed by atoms with Crippen molar-refractivity contribution in [2.75, 3.05) is 5.32 Å². The van der Waals surface area contributed by atoms with Gasteiger partial charge in [0.25, 0.3) is 0 Å². The lowest BCUT2D eigenvalue weighted by Crippen LogP contribution is -2.31. The third kappa shape index (κ3) is 3.91. The number of nitriles is 1. The molecule has 0 radical (unpaired) electrons. The second-order valence-corrected chi connectivity index (χ2v) is 4.59. The lowest BCUT2D eigenvalue weighted by Gasteiger charge is -2.18. The molecule has 1 aromatic carbocycles. The molecule has 19 heavy (non-hydrogen) atoms. The summed E-state index contributed by atoms with van der Waals surface area (Å²) < 4.78 is 27.2. The number of benzene rings is 1. The van der Waals surface area contributed by atoms with Crippen LogP contribution in [0, 0.1) is 28.9 Å². The number of nitrogens with one attached hydrogen (secondary N) is 1. The zero-order chi connectivity index (χ0) is 14.6. The third-order valence-electron chi connectivity index (χ3n) is 2.49. The number of carboxylic acid groups (broad SMARTS) is 1. The summed E-state index contributed by atoms with van der Waals surface area (Å²) in [4.78, 5) is 11.0. The highest BCUT2D eigenvalue weighted by molar-refractivity contribution is 5.77. The van der Waals surface area contributed by atoms with Gasteiger partial charge in [0.2, 0.25) is 0 Å². The maximum Gasteiger partial charge on any atom is 0.326 e. The molecule has 1 unspecified atom stereocenters. The Bertz CT molecular complexity index is 501. The van der Waals surface area contributed by atoms with Gasteiger partial charge < -0.3 is 10.4 Å². The summed E-state index contributed by atoms with van der Waals surface area (Å²) in [5.41, 5.74) is -0.677. The molecule has 0 aromatic heterocycles. The Hall–Kier alpha value is -2.16. The number of carbonyl (C=O) groups is 1. The van der Waals surface area contributed by atoms with Crippen molar-refractivity contribution < 1.29 is 18.7 Å². The van der Waals surface area contributed by atoms with Crippen LogP contribution in [0.1, 0.15) is 25.8 Å². The van der Waals surface area contributed by atoms with Gasteiger partial charge in [-0.2, -0.15) is 5.26 Å². The zero-order valence-corrected chi connectivity index (χ0v) is 10.6. The average molecular weight is 268 g/mol. The number of aliphatic carboxylic acids is 1. The lowest BCUT2D eigenvalue weighted by atomic mass is 10.0. The molecule has 0 spiro atoms. The first-order valence-electron chi connectivity index (χ1n) is 5.73. The van der Waals surface area contributed by atoms with Gasteiger partial charge in [-0.3, -0.25) is 0 Å². The topological polar surface area (TPSA) is 73.1 Å². The standard InChI is InChI=1S/C13H14F2N2O2/c1-7(2)3-11(13(18)19)17-12-9(14)4-8(6-16)5-10(12)15/h4-5,7,11,17H,3H2,1-2H3,(H,18,19). The molecule has 0 heterocycles. The summed E-state index contributed by atoms with van der Waals surface area (Å²) in [5.74, 6) is -3.09. The minimum absolute atomic E-state index is 0.0538. The fourth-order valence-electron chi connectivity index (χ4n) is 1.64. The van der Waals surface area contributed by atoms with Crippen LogP contribution in [-0.4, -0.2) is 17.1 Å². The average Bonchev–Trinajstić information content (AvgIpc) is 2.31. The van der Waals surface area contributed by atoms with Crippen molar-refractivity contribution in [1.82, 2.24) is 0 Å². The van der Waals surface area contributed by atoms with Crippen LogP contribution in [0.2, 0.25) is 0 Å². The van der Waals surface area contributed by atoms with E-state index in [9.17, 15) is 13.6 Å². The van der Waals surface area contributed by atoms with Crippen LogP contribution in [0.25, 0.3) is 0 Å². The third-order valence-corrected chi connectivity index (χ3v) is 2.49. The predicted octanol–water partition coefficient (Wildman–Crippen LogP) is 2.75. The normalized spacial score (nSPS) is 12.0. The fourth-order valence-corrected chi connectivity index (χ4v) is 1.64. The van der Waals surface area contributed by atoms with Gasteiger partial charge in [0, 0.05) is 0 Å². The van der Waals surface area contributed by atoms with Crippen molar-refractivity contribution in [3.05, 3.63) is 29.3 Å². The molecule has 4 nitrogen and oxygen atoms in total. The van der Waals surface area contributed by atoms with Gasteiger partial charge >= 0.3 is 5.97 Å². The number of halogens is 2. The highest BCUT2D eigenvalue weighted by Crippen LogP contribution is 2.22. The Labute approximate surface area is 109 Å². The van der Waals surface area contributed by atoms with E-state index in [1.54, 1.807) is 6.07 Å². The molecule has 0 saturated carbocycles. The van der Waals surface area contributed by atoms with Gasteiger partial charge in [-0.25, -0.2) is 13.6 Å². The Morgan fingerprint density at radius 3 is 2.32 bits per heavy atom. The number of carboxylic acids is 1. The number of hydrogen-bond donors (Lipinski definition) is 2. The quantitative estimate of drug-likeness (QED) is 0.861. The summed E-state index contributed by atoms with van der Waals surface area (Å²) in [6.45, 7) is 3.62. The van der Waals surface area contributed by atoms with Crippen LogP contribution in [0.4, 0.5) is 14.5 Å². The molecule has 102 valence electrons. The minimum Gasteiger partial charge on any atom is -0.480 e. The summed E-state index contributed by atoms with van der Waals surface area (Å²) >= 11 is 0. The van der Waals surface area contributed by atoms with Crippen molar-refractivity contribution in [3.63, 3.8) is 0 Å². The highest BCUT2D eigenvalue weighted by Gasteiger charge is 2.22. The van der Waals surface area contributed by atoms with Gasteiger partial charge in [0.1, 0.15) is 11.7 Å². The highest BCUT2D eigenvalue weighted by atomic mass is 19.1. The van der Waals surface area contributed by atoms with E-state index in [0.717, 1.165) is 12.1 Å². The number of nitrogens with zero attached hydrogens (tertiary/aromatic N) is 1. The molecule has 0 bridgehead atoms. The van der Waals surface area contributed by atoms with Gasteiger partial charge in [-0.05, 0) is 24.5 Å². The van der Waals surface area contributed by atoms with Crippen molar-refractivity contribution in [2.45, 2.75) is 26.3 Å². The molecule has 0 fully saturated rings. The van der Waals surface area contributed by atoms with E-state index in [-0.39, 0.29) is 17.9 Å². The Kier molecular flexibility index (Phi) is 4.81. The Morgan fingerprint density at radius 2 is 1.95 bits per heavy atom. The molecular weight excluding hydrogens is 254 g/mol. The van der Waals surface area contributed by atoms with Crippen molar-refractivity contribution in [2.24, 2.45) is 5.92 Å². The van der Waals surface area contributed by atoms with Crippen LogP contribution in [0.5, 0.6) is 0 Å². The lowest BCUT2D eigenvalue weighted by molar-refractivity contribution is -0.138. The molecule has 0 saturated heterocycles. The van der Waals surface area contributed by atoms with E-state index in [0.29, 0.717) is 0 Å². The molecule has 0 aliphatic carbocycles.